The molecule has 1 N–H and O–H groups in total. The fourth-order valence-corrected chi connectivity index (χ4v) is 4.44. The second-order valence-corrected chi connectivity index (χ2v) is 8.85. The van der Waals surface area contributed by atoms with Crippen LogP contribution in [0.4, 0.5) is 33.6 Å². The van der Waals surface area contributed by atoms with E-state index in [1.807, 2.05) is 44.2 Å². The van der Waals surface area contributed by atoms with Crippen LogP contribution in [0.25, 0.3) is 22.6 Å². The molecule has 35 heavy (non-hydrogen) atoms. The minimum absolute atomic E-state index is 0.00483. The summed E-state index contributed by atoms with van der Waals surface area (Å²) < 4.78 is 69.1. The maximum absolute atomic E-state index is 13.7. The Kier molecular flexibility index (Phi) is 5.23. The number of aryl methyl sites for hydroxylation is 1. The van der Waals surface area contributed by atoms with Crippen molar-refractivity contribution in [2.24, 2.45) is 0 Å². The predicted molar refractivity (Wildman–Crippen MR) is 126 cm³/mol. The number of nitrogens with one attached hydrogen (secondary N) is 1. The van der Waals surface area contributed by atoms with Crippen LogP contribution in [0.15, 0.2) is 49.2 Å². The zero-order valence-corrected chi connectivity index (χ0v) is 19.0. The minimum atomic E-state index is -4.69. The van der Waals surface area contributed by atoms with Gasteiger partial charge in [0.25, 0.3) is 5.92 Å². The van der Waals surface area contributed by atoms with Gasteiger partial charge < -0.3 is 10.2 Å². The standard InChI is InChI=1S/C25H22F5N5/c1-4-16-7-5-6-8-19(16)31-15(3)17-9-14(2)10-18-21(17)33-23(34-12-24(26,27)13-34)35-11-20(25(28,29)30)32-22(18)35/h4-11,15,31H,1,12-13H2,2-3H3. The van der Waals surface area contributed by atoms with E-state index in [0.717, 1.165) is 27.4 Å². The van der Waals surface area contributed by atoms with Crippen LogP contribution in [0, 0.1) is 6.92 Å². The van der Waals surface area contributed by atoms with E-state index in [0.29, 0.717) is 16.5 Å². The summed E-state index contributed by atoms with van der Waals surface area (Å²) in [7, 11) is 0. The number of rotatable bonds is 5. The van der Waals surface area contributed by atoms with E-state index in [1.165, 1.54) is 4.90 Å². The van der Waals surface area contributed by atoms with Crippen LogP contribution >= 0.6 is 0 Å². The number of anilines is 2. The minimum Gasteiger partial charge on any atom is -0.378 e. The van der Waals surface area contributed by atoms with Crippen LogP contribution in [0.2, 0.25) is 0 Å². The summed E-state index contributed by atoms with van der Waals surface area (Å²) in [6, 6.07) is 10.9. The van der Waals surface area contributed by atoms with Gasteiger partial charge in [-0.05, 0) is 37.1 Å². The third-order valence-electron chi connectivity index (χ3n) is 6.09. The van der Waals surface area contributed by atoms with Crippen LogP contribution in [-0.2, 0) is 6.18 Å². The summed E-state index contributed by atoms with van der Waals surface area (Å²) >= 11 is 0. The molecule has 1 saturated heterocycles. The molecule has 0 spiro atoms. The number of imidazole rings is 1. The van der Waals surface area contributed by atoms with Crippen molar-refractivity contribution in [1.29, 1.82) is 0 Å². The topological polar surface area (TPSA) is 45.5 Å². The number of benzene rings is 2. The van der Waals surface area contributed by atoms with Gasteiger partial charge in [0.15, 0.2) is 5.69 Å². The highest BCUT2D eigenvalue weighted by Crippen LogP contribution is 2.38. The fraction of sp³-hybridized carbons (Fsp3) is 0.280. The van der Waals surface area contributed by atoms with Crippen molar-refractivity contribution in [3.8, 4) is 0 Å². The highest BCUT2D eigenvalue weighted by molar-refractivity contribution is 5.96. The van der Waals surface area contributed by atoms with Gasteiger partial charge in [-0.2, -0.15) is 13.2 Å². The predicted octanol–water partition coefficient (Wildman–Crippen LogP) is 6.48. The number of fused-ring (bicyclic) bond motifs is 3. The van der Waals surface area contributed by atoms with Crippen LogP contribution in [0.5, 0.6) is 0 Å². The largest absolute Gasteiger partial charge is 0.434 e. The van der Waals surface area contributed by atoms with Crippen molar-refractivity contribution >= 4 is 34.3 Å². The second kappa shape index (κ2) is 7.93. The first-order valence-electron chi connectivity index (χ1n) is 11.0. The van der Waals surface area contributed by atoms with E-state index in [1.54, 1.807) is 12.1 Å². The third kappa shape index (κ3) is 4.06. The van der Waals surface area contributed by atoms with Crippen molar-refractivity contribution in [2.45, 2.75) is 32.0 Å². The highest BCUT2D eigenvalue weighted by atomic mass is 19.4. The Morgan fingerprint density at radius 1 is 1.14 bits per heavy atom. The zero-order valence-electron chi connectivity index (χ0n) is 19.0. The first-order chi connectivity index (χ1) is 16.5. The van der Waals surface area contributed by atoms with E-state index in [9.17, 15) is 22.0 Å². The molecule has 0 bridgehead atoms. The van der Waals surface area contributed by atoms with Crippen molar-refractivity contribution in [3.05, 3.63) is 71.6 Å². The SMILES string of the molecule is C=Cc1ccccc1NC(C)c1cc(C)cc2c1nc(N1CC(F)(F)C1)n1cc(C(F)(F)F)nc21. The average molecular weight is 487 g/mol. The molecule has 5 nitrogen and oxygen atoms in total. The lowest BCUT2D eigenvalue weighted by Crippen LogP contribution is -2.57. The lowest BCUT2D eigenvalue weighted by atomic mass is 10.0. The summed E-state index contributed by atoms with van der Waals surface area (Å²) in [5.41, 5.74) is 2.56. The van der Waals surface area contributed by atoms with Gasteiger partial charge in [0, 0.05) is 22.8 Å². The molecule has 0 amide bonds. The van der Waals surface area contributed by atoms with Gasteiger partial charge in [-0.3, -0.25) is 4.40 Å². The second-order valence-electron chi connectivity index (χ2n) is 8.85. The van der Waals surface area contributed by atoms with E-state index in [4.69, 9.17) is 0 Å². The summed E-state index contributed by atoms with van der Waals surface area (Å²) in [6.45, 7) is 6.32. The van der Waals surface area contributed by atoms with Gasteiger partial charge in [0.1, 0.15) is 5.65 Å². The lowest BCUT2D eigenvalue weighted by molar-refractivity contribution is -0.140. The number of nitrogens with zero attached hydrogens (tertiary/aromatic N) is 4. The van der Waals surface area contributed by atoms with Crippen LogP contribution in [0.1, 0.15) is 35.3 Å². The Morgan fingerprint density at radius 3 is 2.51 bits per heavy atom. The molecule has 1 fully saturated rings. The average Bonchev–Trinajstić information content (AvgIpc) is 3.23. The first-order valence-corrected chi connectivity index (χ1v) is 11.0. The Labute approximate surface area is 197 Å². The molecule has 3 heterocycles. The monoisotopic (exact) mass is 487 g/mol. The number of hydrogen-bond donors (Lipinski definition) is 1. The smallest absolute Gasteiger partial charge is 0.378 e. The molecule has 0 radical (unpaired) electrons. The molecule has 4 aromatic rings. The van der Waals surface area contributed by atoms with Gasteiger partial charge in [0.05, 0.1) is 24.6 Å². The summed E-state index contributed by atoms with van der Waals surface area (Å²) in [5, 5.41) is 3.83. The molecule has 2 aromatic heterocycles. The molecule has 2 aromatic carbocycles. The zero-order chi connectivity index (χ0) is 25.1. The molecule has 0 aliphatic carbocycles. The van der Waals surface area contributed by atoms with Crippen molar-refractivity contribution in [1.82, 2.24) is 14.4 Å². The Morgan fingerprint density at radius 2 is 1.86 bits per heavy atom. The molecular formula is C25H22F5N5. The van der Waals surface area contributed by atoms with Gasteiger partial charge in [0.2, 0.25) is 5.95 Å². The number of alkyl halides is 5. The molecule has 5 rings (SSSR count). The number of aromatic nitrogens is 3. The Bertz CT molecular complexity index is 1450. The quantitative estimate of drug-likeness (QED) is 0.327. The summed E-state index contributed by atoms with van der Waals surface area (Å²) in [4.78, 5) is 9.74. The molecule has 1 unspecified atom stereocenters. The molecule has 0 saturated carbocycles. The van der Waals surface area contributed by atoms with Gasteiger partial charge in [-0.1, -0.05) is 36.9 Å². The lowest BCUT2D eigenvalue weighted by Gasteiger charge is -2.39. The number of halogens is 5. The third-order valence-corrected chi connectivity index (χ3v) is 6.09. The van der Waals surface area contributed by atoms with E-state index in [-0.39, 0.29) is 17.6 Å². The van der Waals surface area contributed by atoms with E-state index >= 15 is 0 Å². The summed E-state index contributed by atoms with van der Waals surface area (Å²) in [6.07, 6.45) is -2.15. The Balaban J connectivity index is 1.71. The van der Waals surface area contributed by atoms with Gasteiger partial charge >= 0.3 is 6.18 Å². The van der Waals surface area contributed by atoms with Crippen molar-refractivity contribution in [3.63, 3.8) is 0 Å². The molecule has 1 aliphatic rings. The molecular weight excluding hydrogens is 465 g/mol. The van der Waals surface area contributed by atoms with Crippen LogP contribution in [-0.4, -0.2) is 33.4 Å². The Hall–Kier alpha value is -3.69. The van der Waals surface area contributed by atoms with Crippen molar-refractivity contribution < 1.29 is 22.0 Å². The highest BCUT2D eigenvalue weighted by Gasteiger charge is 2.46. The molecule has 182 valence electrons. The normalized spacial score (nSPS) is 16.4. The van der Waals surface area contributed by atoms with Gasteiger partial charge in [-0.25, -0.2) is 18.7 Å². The first kappa shape index (κ1) is 23.1. The number of hydrogen-bond acceptors (Lipinski definition) is 4. The molecule has 1 atom stereocenters. The van der Waals surface area contributed by atoms with Crippen LogP contribution < -0.4 is 10.2 Å². The van der Waals surface area contributed by atoms with E-state index < -0.39 is 30.9 Å². The van der Waals surface area contributed by atoms with E-state index in [2.05, 4.69) is 21.9 Å². The maximum Gasteiger partial charge on any atom is 0.434 e. The number of para-hydroxylation sites is 1. The van der Waals surface area contributed by atoms with Crippen molar-refractivity contribution in [2.75, 3.05) is 23.3 Å². The van der Waals surface area contributed by atoms with Crippen LogP contribution in [0.3, 0.4) is 0 Å². The molecule has 10 heteroatoms. The molecule has 1 aliphatic heterocycles. The maximum atomic E-state index is 13.7. The van der Waals surface area contributed by atoms with Gasteiger partial charge in [-0.15, -0.1) is 0 Å². The summed E-state index contributed by atoms with van der Waals surface area (Å²) in [5.74, 6) is -2.92. The fourth-order valence-electron chi connectivity index (χ4n) is 4.44.